The van der Waals surface area contributed by atoms with Gasteiger partial charge in [0.2, 0.25) is 0 Å². The topological polar surface area (TPSA) is 35.2 Å². The molecule has 0 atom stereocenters. The molecule has 18 heavy (non-hydrogen) atoms. The summed E-state index contributed by atoms with van der Waals surface area (Å²) in [6, 6.07) is 11.1. The Morgan fingerprint density at radius 3 is 2.39 bits per heavy atom. The fourth-order valence-electron chi connectivity index (χ4n) is 1.50. The molecule has 2 aromatic carbocycles. The summed E-state index contributed by atoms with van der Waals surface area (Å²) in [5, 5.41) is 0.824. The van der Waals surface area contributed by atoms with Crippen LogP contribution in [-0.2, 0) is 6.61 Å². The first-order valence-electron chi connectivity index (χ1n) is 5.18. The summed E-state index contributed by atoms with van der Waals surface area (Å²) in [4.78, 5) is 0. The van der Waals surface area contributed by atoms with Crippen molar-refractivity contribution in [2.45, 2.75) is 6.61 Å². The van der Waals surface area contributed by atoms with Crippen molar-refractivity contribution in [2.75, 3.05) is 5.73 Å². The third kappa shape index (κ3) is 3.31. The molecule has 0 spiro atoms. The van der Waals surface area contributed by atoms with Crippen LogP contribution >= 0.6 is 39.1 Å². The molecule has 0 unspecified atom stereocenters. The van der Waals surface area contributed by atoms with Crippen LogP contribution in [0.4, 0.5) is 5.69 Å². The van der Waals surface area contributed by atoms with Crippen LogP contribution in [0, 0.1) is 0 Å². The number of nitrogen functional groups attached to an aromatic ring is 1. The van der Waals surface area contributed by atoms with Gasteiger partial charge in [-0.2, -0.15) is 0 Å². The summed E-state index contributed by atoms with van der Waals surface area (Å²) in [6.45, 7) is 0.392. The van der Waals surface area contributed by atoms with E-state index in [1.54, 1.807) is 12.1 Å². The molecular formula is C13H10BrCl2NO. The van der Waals surface area contributed by atoms with Gasteiger partial charge in [-0.05, 0) is 29.8 Å². The molecular weight excluding hydrogens is 337 g/mol. The van der Waals surface area contributed by atoms with Crippen molar-refractivity contribution in [3.63, 3.8) is 0 Å². The van der Waals surface area contributed by atoms with Gasteiger partial charge in [0.1, 0.15) is 6.61 Å². The highest BCUT2D eigenvalue weighted by Gasteiger charge is 2.09. The summed E-state index contributed by atoms with van der Waals surface area (Å²) in [7, 11) is 0. The first-order chi connectivity index (χ1) is 8.56. The summed E-state index contributed by atoms with van der Waals surface area (Å²) >= 11 is 15.5. The van der Waals surface area contributed by atoms with Crippen LogP contribution in [0.3, 0.4) is 0 Å². The Bertz CT molecular complexity index is 552. The third-order valence-electron chi connectivity index (χ3n) is 2.29. The van der Waals surface area contributed by atoms with Gasteiger partial charge in [0.25, 0.3) is 0 Å². The lowest BCUT2D eigenvalue weighted by atomic mass is 10.2. The van der Waals surface area contributed by atoms with E-state index in [9.17, 15) is 0 Å². The van der Waals surface area contributed by atoms with Crippen molar-refractivity contribution in [1.82, 2.24) is 0 Å². The smallest absolute Gasteiger partial charge is 0.157 e. The molecule has 0 bridgehead atoms. The van der Waals surface area contributed by atoms with Crippen LogP contribution in [0.15, 0.2) is 40.9 Å². The molecule has 0 aliphatic rings. The van der Waals surface area contributed by atoms with E-state index in [0.29, 0.717) is 28.1 Å². The Kier molecular flexibility index (Phi) is 4.38. The Balaban J connectivity index is 2.16. The van der Waals surface area contributed by atoms with E-state index in [2.05, 4.69) is 15.9 Å². The predicted octanol–water partition coefficient (Wildman–Crippen LogP) is 4.92. The van der Waals surface area contributed by atoms with Crippen molar-refractivity contribution < 1.29 is 4.74 Å². The zero-order valence-corrected chi connectivity index (χ0v) is 12.4. The molecule has 94 valence electrons. The van der Waals surface area contributed by atoms with Crippen LogP contribution in [0.2, 0.25) is 10.0 Å². The number of hydrogen-bond acceptors (Lipinski definition) is 2. The average molecular weight is 347 g/mol. The zero-order chi connectivity index (χ0) is 13.1. The lowest BCUT2D eigenvalue weighted by Gasteiger charge is -2.11. The molecule has 0 heterocycles. The summed E-state index contributed by atoms with van der Waals surface area (Å²) in [5.74, 6) is 0.451. The van der Waals surface area contributed by atoms with Crippen LogP contribution in [0.5, 0.6) is 5.75 Å². The van der Waals surface area contributed by atoms with E-state index in [0.717, 1.165) is 10.0 Å². The van der Waals surface area contributed by atoms with Crippen LogP contribution in [-0.4, -0.2) is 0 Å². The van der Waals surface area contributed by atoms with E-state index >= 15 is 0 Å². The van der Waals surface area contributed by atoms with Gasteiger partial charge in [-0.15, -0.1) is 0 Å². The maximum Gasteiger partial charge on any atom is 0.157 e. The van der Waals surface area contributed by atoms with Gasteiger partial charge in [0, 0.05) is 10.2 Å². The highest BCUT2D eigenvalue weighted by molar-refractivity contribution is 9.10. The minimum atomic E-state index is 0.392. The number of rotatable bonds is 3. The van der Waals surface area contributed by atoms with Gasteiger partial charge in [-0.3, -0.25) is 0 Å². The Morgan fingerprint density at radius 1 is 1.11 bits per heavy atom. The second-order valence-electron chi connectivity index (χ2n) is 3.73. The summed E-state index contributed by atoms with van der Waals surface area (Å²) < 4.78 is 6.62. The van der Waals surface area contributed by atoms with E-state index in [-0.39, 0.29) is 0 Å². The first-order valence-corrected chi connectivity index (χ1v) is 6.73. The molecule has 0 amide bonds. The molecule has 0 aliphatic heterocycles. The average Bonchev–Trinajstić information content (AvgIpc) is 2.27. The first kappa shape index (κ1) is 13.5. The van der Waals surface area contributed by atoms with Crippen LogP contribution in [0.1, 0.15) is 5.56 Å². The molecule has 0 aromatic heterocycles. The monoisotopic (exact) mass is 345 g/mol. The summed E-state index contributed by atoms with van der Waals surface area (Å²) in [6.07, 6.45) is 0. The standard InChI is InChI=1S/C13H10BrCl2NO/c14-9-3-1-2-8(4-9)7-18-13-11(15)5-10(17)6-12(13)16/h1-6H,7,17H2. The van der Waals surface area contributed by atoms with Gasteiger partial charge < -0.3 is 10.5 Å². The molecule has 0 saturated carbocycles. The lowest BCUT2D eigenvalue weighted by molar-refractivity contribution is 0.306. The van der Waals surface area contributed by atoms with Crippen molar-refractivity contribution in [1.29, 1.82) is 0 Å². The molecule has 2 nitrogen and oxygen atoms in total. The SMILES string of the molecule is Nc1cc(Cl)c(OCc2cccc(Br)c2)c(Cl)c1. The zero-order valence-electron chi connectivity index (χ0n) is 9.29. The van der Waals surface area contributed by atoms with Gasteiger partial charge in [-0.1, -0.05) is 51.3 Å². The maximum absolute atomic E-state index is 6.03. The number of benzene rings is 2. The summed E-state index contributed by atoms with van der Waals surface area (Å²) in [5.41, 5.74) is 7.16. The number of nitrogens with two attached hydrogens (primary N) is 1. The lowest BCUT2D eigenvalue weighted by Crippen LogP contribution is -1.97. The van der Waals surface area contributed by atoms with E-state index in [1.807, 2.05) is 24.3 Å². The second-order valence-corrected chi connectivity index (χ2v) is 5.46. The van der Waals surface area contributed by atoms with Crippen LogP contribution < -0.4 is 10.5 Å². The third-order valence-corrected chi connectivity index (χ3v) is 3.35. The molecule has 2 N–H and O–H groups in total. The normalized spacial score (nSPS) is 10.4. The molecule has 2 rings (SSSR count). The number of ether oxygens (including phenoxy) is 1. The van der Waals surface area contributed by atoms with Crippen molar-refractivity contribution in [3.05, 3.63) is 56.5 Å². The number of anilines is 1. The second kappa shape index (κ2) is 5.83. The van der Waals surface area contributed by atoms with Gasteiger partial charge in [0.15, 0.2) is 5.75 Å². The highest BCUT2D eigenvalue weighted by atomic mass is 79.9. The predicted molar refractivity (Wildman–Crippen MR) is 79.3 cm³/mol. The molecule has 0 fully saturated rings. The van der Waals surface area contributed by atoms with Crippen molar-refractivity contribution in [2.24, 2.45) is 0 Å². The Hall–Kier alpha value is -0.900. The molecule has 0 aliphatic carbocycles. The van der Waals surface area contributed by atoms with E-state index < -0.39 is 0 Å². The molecule has 0 radical (unpaired) electrons. The minimum Gasteiger partial charge on any atom is -0.486 e. The number of halogens is 3. The fourth-order valence-corrected chi connectivity index (χ4v) is 2.56. The van der Waals surface area contributed by atoms with Crippen LogP contribution in [0.25, 0.3) is 0 Å². The number of hydrogen-bond donors (Lipinski definition) is 1. The molecule has 0 saturated heterocycles. The quantitative estimate of drug-likeness (QED) is 0.801. The van der Waals surface area contributed by atoms with Gasteiger partial charge >= 0.3 is 0 Å². The Labute approximate surface area is 124 Å². The van der Waals surface area contributed by atoms with E-state index in [4.69, 9.17) is 33.7 Å². The fraction of sp³-hybridized carbons (Fsp3) is 0.0769. The Morgan fingerprint density at radius 2 is 1.78 bits per heavy atom. The van der Waals surface area contributed by atoms with Gasteiger partial charge in [-0.25, -0.2) is 0 Å². The minimum absolute atomic E-state index is 0.392. The molecule has 5 heteroatoms. The van der Waals surface area contributed by atoms with Crippen molar-refractivity contribution >= 4 is 44.8 Å². The van der Waals surface area contributed by atoms with E-state index in [1.165, 1.54) is 0 Å². The largest absolute Gasteiger partial charge is 0.486 e. The van der Waals surface area contributed by atoms with Gasteiger partial charge in [0.05, 0.1) is 10.0 Å². The highest BCUT2D eigenvalue weighted by Crippen LogP contribution is 2.35. The van der Waals surface area contributed by atoms with Crippen molar-refractivity contribution in [3.8, 4) is 5.75 Å². The maximum atomic E-state index is 6.03. The molecule has 2 aromatic rings.